The Labute approximate surface area is 112 Å². The summed E-state index contributed by atoms with van der Waals surface area (Å²) >= 11 is 0. The smallest absolute Gasteiger partial charge is 0.242 e. The number of methoxy groups -OCH3 is 1. The maximum absolute atomic E-state index is 13.6. The maximum atomic E-state index is 13.6. The van der Waals surface area contributed by atoms with Crippen LogP contribution in [0.25, 0.3) is 0 Å². The molecule has 19 heavy (non-hydrogen) atoms. The van der Waals surface area contributed by atoms with E-state index in [4.69, 9.17) is 9.84 Å². The van der Waals surface area contributed by atoms with Crippen molar-refractivity contribution in [2.75, 3.05) is 27.3 Å². The van der Waals surface area contributed by atoms with Crippen molar-refractivity contribution in [2.45, 2.75) is 18.4 Å². The quantitative estimate of drug-likeness (QED) is 0.845. The van der Waals surface area contributed by atoms with Crippen molar-refractivity contribution >= 4 is 10.0 Å². The summed E-state index contributed by atoms with van der Waals surface area (Å²) in [4.78, 5) is -0.0333. The molecule has 0 spiro atoms. The zero-order chi connectivity index (χ0) is 14.6. The highest BCUT2D eigenvalue weighted by Crippen LogP contribution is 2.21. The van der Waals surface area contributed by atoms with Gasteiger partial charge in [-0.1, -0.05) is 0 Å². The molecule has 0 aliphatic carbocycles. The van der Waals surface area contributed by atoms with Gasteiger partial charge < -0.3 is 9.84 Å². The minimum atomic E-state index is -3.71. The molecule has 0 saturated carbocycles. The summed E-state index contributed by atoms with van der Waals surface area (Å²) < 4.78 is 44.0. The highest BCUT2D eigenvalue weighted by Gasteiger charge is 2.22. The summed E-state index contributed by atoms with van der Waals surface area (Å²) in [7, 11) is -0.807. The van der Waals surface area contributed by atoms with Crippen molar-refractivity contribution in [3.05, 3.63) is 29.1 Å². The molecule has 0 fully saturated rings. The first-order valence-corrected chi connectivity index (χ1v) is 7.13. The first-order valence-electron chi connectivity index (χ1n) is 5.69. The van der Waals surface area contributed by atoms with Crippen LogP contribution < -0.4 is 0 Å². The number of aliphatic hydroxyl groups excluding tert-OH is 1. The minimum absolute atomic E-state index is 0.0290. The molecule has 0 amide bonds. The van der Waals surface area contributed by atoms with Gasteiger partial charge in [0.2, 0.25) is 10.0 Å². The summed E-state index contributed by atoms with van der Waals surface area (Å²) in [5, 5.41) is 9.04. The topological polar surface area (TPSA) is 66.8 Å². The number of hydrogen-bond acceptors (Lipinski definition) is 4. The second-order valence-electron chi connectivity index (χ2n) is 4.19. The molecule has 0 unspecified atom stereocenters. The van der Waals surface area contributed by atoms with Gasteiger partial charge in [-0.2, -0.15) is 4.31 Å². The van der Waals surface area contributed by atoms with Crippen LogP contribution in [-0.2, 0) is 21.4 Å². The predicted molar refractivity (Wildman–Crippen MR) is 68.8 cm³/mol. The fraction of sp³-hybridized carbons (Fsp3) is 0.500. The lowest BCUT2D eigenvalue weighted by atomic mass is 10.1. The average Bonchev–Trinajstić information content (AvgIpc) is 2.38. The molecule has 0 heterocycles. The normalized spacial score (nSPS) is 12.1. The third-order valence-corrected chi connectivity index (χ3v) is 4.63. The van der Waals surface area contributed by atoms with Crippen molar-refractivity contribution < 1.29 is 22.7 Å². The van der Waals surface area contributed by atoms with Crippen molar-refractivity contribution in [3.8, 4) is 0 Å². The van der Waals surface area contributed by atoms with E-state index in [9.17, 15) is 12.8 Å². The molecule has 1 rings (SSSR count). The first-order chi connectivity index (χ1) is 8.84. The summed E-state index contributed by atoms with van der Waals surface area (Å²) in [5.74, 6) is -0.582. The molecular weight excluding hydrogens is 273 g/mol. The fourth-order valence-electron chi connectivity index (χ4n) is 1.59. The zero-order valence-electron chi connectivity index (χ0n) is 11.2. The number of aryl methyl sites for hydroxylation is 1. The van der Waals surface area contributed by atoms with Crippen LogP contribution in [0.4, 0.5) is 4.39 Å². The third-order valence-electron chi connectivity index (χ3n) is 2.79. The standard InChI is InChI=1S/C12H18FNO4S/c1-9-6-11(7-10(8-15)12(9)13)19(16,17)14(2)4-5-18-3/h6-7,15H,4-5,8H2,1-3H3. The van der Waals surface area contributed by atoms with Crippen molar-refractivity contribution in [1.29, 1.82) is 0 Å². The lowest BCUT2D eigenvalue weighted by molar-refractivity contribution is 0.185. The lowest BCUT2D eigenvalue weighted by Gasteiger charge is -2.18. The van der Waals surface area contributed by atoms with Gasteiger partial charge in [0.25, 0.3) is 0 Å². The monoisotopic (exact) mass is 291 g/mol. The highest BCUT2D eigenvalue weighted by atomic mass is 32.2. The van der Waals surface area contributed by atoms with E-state index in [2.05, 4.69) is 0 Å². The number of nitrogens with zero attached hydrogens (tertiary/aromatic N) is 1. The van der Waals surface area contributed by atoms with Crippen LogP contribution in [0, 0.1) is 12.7 Å². The molecule has 7 heteroatoms. The molecule has 0 aromatic heterocycles. The Morgan fingerprint density at radius 3 is 2.58 bits per heavy atom. The van der Waals surface area contributed by atoms with Gasteiger partial charge in [0.1, 0.15) is 5.82 Å². The molecule has 0 aliphatic heterocycles. The van der Waals surface area contributed by atoms with E-state index in [1.807, 2.05) is 0 Å². The van der Waals surface area contributed by atoms with Gasteiger partial charge in [-0.25, -0.2) is 12.8 Å². The van der Waals surface area contributed by atoms with E-state index in [0.717, 1.165) is 10.4 Å². The minimum Gasteiger partial charge on any atom is -0.392 e. The Balaban J connectivity index is 3.18. The number of ether oxygens (including phenoxy) is 1. The Morgan fingerprint density at radius 1 is 1.42 bits per heavy atom. The van der Waals surface area contributed by atoms with Crippen LogP contribution in [0.3, 0.4) is 0 Å². The summed E-state index contributed by atoms with van der Waals surface area (Å²) in [6.07, 6.45) is 0. The average molecular weight is 291 g/mol. The largest absolute Gasteiger partial charge is 0.392 e. The Hall–Kier alpha value is -1.02. The van der Waals surface area contributed by atoms with Crippen LogP contribution in [0.1, 0.15) is 11.1 Å². The molecule has 5 nitrogen and oxygen atoms in total. The van der Waals surface area contributed by atoms with E-state index in [1.165, 1.54) is 27.1 Å². The van der Waals surface area contributed by atoms with Crippen molar-refractivity contribution in [3.63, 3.8) is 0 Å². The number of sulfonamides is 1. The van der Waals surface area contributed by atoms with Crippen LogP contribution in [0.5, 0.6) is 0 Å². The van der Waals surface area contributed by atoms with Crippen molar-refractivity contribution in [1.82, 2.24) is 4.31 Å². The molecule has 0 bridgehead atoms. The number of likely N-dealkylation sites (N-methyl/N-ethyl adjacent to an activating group) is 1. The number of hydrogen-bond donors (Lipinski definition) is 1. The van der Waals surface area contributed by atoms with E-state index in [0.29, 0.717) is 0 Å². The van der Waals surface area contributed by atoms with Gasteiger partial charge >= 0.3 is 0 Å². The van der Waals surface area contributed by atoms with Crippen LogP contribution in [-0.4, -0.2) is 45.1 Å². The number of benzene rings is 1. The van der Waals surface area contributed by atoms with Crippen LogP contribution >= 0.6 is 0 Å². The molecule has 108 valence electrons. The Kier molecular flexibility index (Phi) is 5.42. The van der Waals surface area contributed by atoms with Crippen LogP contribution in [0.15, 0.2) is 17.0 Å². The maximum Gasteiger partial charge on any atom is 0.242 e. The van der Waals surface area contributed by atoms with Gasteiger partial charge in [0.05, 0.1) is 18.1 Å². The number of halogens is 1. The molecule has 0 atom stereocenters. The second-order valence-corrected chi connectivity index (χ2v) is 6.24. The molecule has 0 saturated heterocycles. The summed E-state index contributed by atoms with van der Waals surface area (Å²) in [6.45, 7) is 1.38. The SMILES string of the molecule is COCCN(C)S(=O)(=O)c1cc(C)c(F)c(CO)c1. The highest BCUT2D eigenvalue weighted by molar-refractivity contribution is 7.89. The molecule has 1 aromatic rings. The van der Waals surface area contributed by atoms with Gasteiger partial charge in [0.15, 0.2) is 0 Å². The molecule has 1 aromatic carbocycles. The second kappa shape index (κ2) is 6.42. The van der Waals surface area contributed by atoms with Gasteiger partial charge in [-0.15, -0.1) is 0 Å². The Bertz CT molecular complexity index is 545. The van der Waals surface area contributed by atoms with Crippen molar-refractivity contribution in [2.24, 2.45) is 0 Å². The number of rotatable bonds is 6. The lowest BCUT2D eigenvalue weighted by Crippen LogP contribution is -2.30. The molecule has 0 radical (unpaired) electrons. The fourth-order valence-corrected chi connectivity index (χ4v) is 2.88. The molecule has 1 N–H and O–H groups in total. The summed E-state index contributed by atoms with van der Waals surface area (Å²) in [5.41, 5.74) is 0.156. The first kappa shape index (κ1) is 16.0. The van der Waals surface area contributed by atoms with Crippen LogP contribution in [0.2, 0.25) is 0 Å². The van der Waals surface area contributed by atoms with E-state index >= 15 is 0 Å². The number of aliphatic hydroxyl groups is 1. The Morgan fingerprint density at radius 2 is 2.05 bits per heavy atom. The van der Waals surface area contributed by atoms with Gasteiger partial charge in [-0.3, -0.25) is 0 Å². The molecule has 0 aliphatic rings. The molecular formula is C12H18FNO4S. The predicted octanol–water partition coefficient (Wildman–Crippen LogP) is 0.893. The zero-order valence-corrected chi connectivity index (χ0v) is 12.0. The van der Waals surface area contributed by atoms with E-state index in [-0.39, 0.29) is 29.2 Å². The van der Waals surface area contributed by atoms with Gasteiger partial charge in [-0.05, 0) is 24.6 Å². The summed E-state index contributed by atoms with van der Waals surface area (Å²) in [6, 6.07) is 2.41. The van der Waals surface area contributed by atoms with Gasteiger partial charge in [0, 0.05) is 26.3 Å². The van der Waals surface area contributed by atoms with E-state index < -0.39 is 22.4 Å². The third kappa shape index (κ3) is 3.50. The van der Waals surface area contributed by atoms with E-state index in [1.54, 1.807) is 0 Å².